The molecule has 21 heavy (non-hydrogen) atoms. The third-order valence-electron chi connectivity index (χ3n) is 3.11. The molecule has 0 bridgehead atoms. The van der Waals surface area contributed by atoms with Gasteiger partial charge >= 0.3 is 0 Å². The second-order valence-corrected chi connectivity index (χ2v) is 7.28. The van der Waals surface area contributed by atoms with E-state index in [1.807, 2.05) is 0 Å². The molecule has 3 N–H and O–H groups in total. The Labute approximate surface area is 131 Å². The number of hydrogen-bond donors (Lipinski definition) is 2. The lowest BCUT2D eigenvalue weighted by atomic mass is 10.2. The van der Waals surface area contributed by atoms with Crippen molar-refractivity contribution >= 4 is 37.3 Å². The first kappa shape index (κ1) is 15.8. The van der Waals surface area contributed by atoms with Gasteiger partial charge in [-0.25, -0.2) is 12.8 Å². The van der Waals surface area contributed by atoms with E-state index >= 15 is 0 Å². The molecular weight excluding hydrogens is 359 g/mol. The Morgan fingerprint density at radius 3 is 2.48 bits per heavy atom. The molecule has 0 aromatic heterocycles. The van der Waals surface area contributed by atoms with E-state index in [0.717, 1.165) is 16.1 Å². The lowest BCUT2D eigenvalue weighted by Crippen LogP contribution is -2.15. The summed E-state index contributed by atoms with van der Waals surface area (Å²) in [7, 11) is -3.91. The van der Waals surface area contributed by atoms with Gasteiger partial charge in [0, 0.05) is 15.7 Å². The van der Waals surface area contributed by atoms with Crippen molar-refractivity contribution in [3.63, 3.8) is 0 Å². The molecule has 7 heteroatoms. The summed E-state index contributed by atoms with van der Waals surface area (Å²) in [5, 5.41) is 0. The zero-order chi connectivity index (χ0) is 15.8. The Hall–Kier alpha value is -1.60. The number of sulfonamides is 1. The van der Waals surface area contributed by atoms with E-state index in [9.17, 15) is 12.8 Å². The summed E-state index contributed by atoms with van der Waals surface area (Å²) >= 11 is 3.28. The molecule has 2 aromatic rings. The average molecular weight is 373 g/mol. The van der Waals surface area contributed by atoms with Crippen molar-refractivity contribution in [2.75, 3.05) is 10.5 Å². The van der Waals surface area contributed by atoms with E-state index in [0.29, 0.717) is 5.69 Å². The van der Waals surface area contributed by atoms with E-state index in [1.165, 1.54) is 13.0 Å². The first-order valence-electron chi connectivity index (χ1n) is 6.05. The van der Waals surface area contributed by atoms with Crippen LogP contribution in [-0.4, -0.2) is 8.42 Å². The Balaban J connectivity index is 2.46. The highest BCUT2D eigenvalue weighted by Crippen LogP contribution is 2.26. The summed E-state index contributed by atoms with van der Waals surface area (Å²) in [5.41, 5.74) is 7.13. The fourth-order valence-electron chi connectivity index (χ4n) is 1.74. The first-order valence-corrected chi connectivity index (χ1v) is 8.33. The predicted octanol–water partition coefficient (Wildman–Crippen LogP) is 3.59. The van der Waals surface area contributed by atoms with Crippen LogP contribution in [0, 0.1) is 19.7 Å². The summed E-state index contributed by atoms with van der Waals surface area (Å²) in [4.78, 5) is -0.206. The molecule has 0 saturated carbocycles. The third kappa shape index (κ3) is 3.36. The van der Waals surface area contributed by atoms with Crippen LogP contribution in [0.3, 0.4) is 0 Å². The highest BCUT2D eigenvalue weighted by molar-refractivity contribution is 9.10. The van der Waals surface area contributed by atoms with Gasteiger partial charge in [0.1, 0.15) is 5.82 Å². The van der Waals surface area contributed by atoms with Crippen LogP contribution in [0.4, 0.5) is 15.8 Å². The Morgan fingerprint density at radius 2 is 1.86 bits per heavy atom. The van der Waals surface area contributed by atoms with Crippen molar-refractivity contribution in [1.82, 2.24) is 0 Å². The van der Waals surface area contributed by atoms with Crippen molar-refractivity contribution in [1.29, 1.82) is 0 Å². The normalized spacial score (nSPS) is 11.4. The van der Waals surface area contributed by atoms with Crippen molar-refractivity contribution in [3.8, 4) is 0 Å². The topological polar surface area (TPSA) is 72.2 Å². The maximum absolute atomic E-state index is 13.7. The van der Waals surface area contributed by atoms with E-state index < -0.39 is 15.8 Å². The first-order chi connectivity index (χ1) is 9.70. The summed E-state index contributed by atoms with van der Waals surface area (Å²) in [6, 6.07) is 7.42. The highest BCUT2D eigenvalue weighted by atomic mass is 79.9. The van der Waals surface area contributed by atoms with Crippen molar-refractivity contribution in [2.45, 2.75) is 18.7 Å². The van der Waals surface area contributed by atoms with Gasteiger partial charge in [0.05, 0.1) is 10.6 Å². The molecule has 2 aromatic carbocycles. The summed E-state index contributed by atoms with van der Waals surface area (Å²) in [6.07, 6.45) is 0. The fraction of sp³-hybridized carbons (Fsp3) is 0.143. The number of halogens is 2. The second kappa shape index (κ2) is 5.65. The molecular formula is C14H14BrFN2O2S. The molecule has 0 radical (unpaired) electrons. The number of anilines is 2. The molecule has 0 unspecified atom stereocenters. The van der Waals surface area contributed by atoms with Gasteiger partial charge in [0.2, 0.25) is 0 Å². The predicted molar refractivity (Wildman–Crippen MR) is 85.2 cm³/mol. The molecule has 0 spiro atoms. The Bertz CT molecular complexity index is 784. The fourth-order valence-corrected chi connectivity index (χ4v) is 3.27. The van der Waals surface area contributed by atoms with E-state index in [1.54, 1.807) is 25.1 Å². The number of aryl methyl sites for hydroxylation is 1. The molecule has 112 valence electrons. The Morgan fingerprint density at radius 1 is 1.19 bits per heavy atom. The summed E-state index contributed by atoms with van der Waals surface area (Å²) in [5.74, 6) is -0.652. The molecule has 0 atom stereocenters. The minimum atomic E-state index is -3.91. The molecule has 0 aliphatic carbocycles. The minimum absolute atomic E-state index is 0.0985. The number of hydrogen-bond acceptors (Lipinski definition) is 3. The van der Waals surface area contributed by atoms with Gasteiger partial charge in [-0.05, 0) is 43.7 Å². The zero-order valence-electron chi connectivity index (χ0n) is 11.4. The van der Waals surface area contributed by atoms with Gasteiger partial charge in [-0.2, -0.15) is 0 Å². The van der Waals surface area contributed by atoms with Gasteiger partial charge in [-0.3, -0.25) is 4.72 Å². The van der Waals surface area contributed by atoms with Crippen LogP contribution in [0.5, 0.6) is 0 Å². The quantitative estimate of drug-likeness (QED) is 0.808. The van der Waals surface area contributed by atoms with E-state index in [2.05, 4.69) is 20.7 Å². The van der Waals surface area contributed by atoms with Gasteiger partial charge in [0.25, 0.3) is 10.0 Å². The van der Waals surface area contributed by atoms with Gasteiger partial charge in [-0.1, -0.05) is 22.0 Å². The molecule has 2 rings (SSSR count). The van der Waals surface area contributed by atoms with Gasteiger partial charge < -0.3 is 5.73 Å². The lowest BCUT2D eigenvalue weighted by Gasteiger charge is -2.12. The third-order valence-corrected chi connectivity index (χ3v) is 4.95. The molecule has 0 aliphatic rings. The molecule has 4 nitrogen and oxygen atoms in total. The van der Waals surface area contributed by atoms with Crippen molar-refractivity contribution in [2.24, 2.45) is 0 Å². The van der Waals surface area contributed by atoms with Crippen LogP contribution in [0.2, 0.25) is 0 Å². The summed E-state index contributed by atoms with van der Waals surface area (Å²) in [6.45, 7) is 3.27. The van der Waals surface area contributed by atoms with Crippen LogP contribution in [-0.2, 0) is 10.0 Å². The van der Waals surface area contributed by atoms with E-state index in [-0.39, 0.29) is 16.1 Å². The van der Waals surface area contributed by atoms with Crippen LogP contribution in [0.25, 0.3) is 0 Å². The SMILES string of the molecule is Cc1ccc(Br)cc1NS(=O)(=O)c1cc(N)c(C)c(F)c1. The van der Waals surface area contributed by atoms with Gasteiger partial charge in [-0.15, -0.1) is 0 Å². The number of nitrogen functional groups attached to an aromatic ring is 1. The van der Waals surface area contributed by atoms with Crippen molar-refractivity contribution in [3.05, 3.63) is 51.7 Å². The number of nitrogens with one attached hydrogen (secondary N) is 1. The monoisotopic (exact) mass is 372 g/mol. The molecule has 0 saturated heterocycles. The standard InChI is InChI=1S/C14H14BrFN2O2S/c1-8-3-4-10(15)5-14(8)18-21(19,20)11-6-12(16)9(2)13(17)7-11/h3-7,18H,17H2,1-2H3. The maximum atomic E-state index is 13.7. The zero-order valence-corrected chi connectivity index (χ0v) is 13.8. The van der Waals surface area contributed by atoms with Gasteiger partial charge in [0.15, 0.2) is 0 Å². The Kier molecular flexibility index (Phi) is 4.25. The second-order valence-electron chi connectivity index (χ2n) is 4.68. The molecule has 0 heterocycles. The van der Waals surface area contributed by atoms with Crippen LogP contribution < -0.4 is 10.5 Å². The van der Waals surface area contributed by atoms with Crippen LogP contribution in [0.15, 0.2) is 39.7 Å². The molecule has 0 amide bonds. The minimum Gasteiger partial charge on any atom is -0.398 e. The smallest absolute Gasteiger partial charge is 0.262 e. The number of rotatable bonds is 3. The molecule has 0 aliphatic heterocycles. The van der Waals surface area contributed by atoms with Crippen molar-refractivity contribution < 1.29 is 12.8 Å². The average Bonchev–Trinajstić information content (AvgIpc) is 2.39. The maximum Gasteiger partial charge on any atom is 0.262 e. The van der Waals surface area contributed by atoms with E-state index in [4.69, 9.17) is 5.73 Å². The van der Waals surface area contributed by atoms with Crippen LogP contribution >= 0.6 is 15.9 Å². The van der Waals surface area contributed by atoms with Crippen LogP contribution in [0.1, 0.15) is 11.1 Å². The highest BCUT2D eigenvalue weighted by Gasteiger charge is 2.18. The summed E-state index contributed by atoms with van der Waals surface area (Å²) < 4.78 is 41.5. The number of nitrogens with two attached hydrogens (primary N) is 1. The lowest BCUT2D eigenvalue weighted by molar-refractivity contribution is 0.593. The largest absolute Gasteiger partial charge is 0.398 e. The number of benzene rings is 2. The molecule has 0 fully saturated rings.